The molecule has 0 N–H and O–H groups in total. The Hall–Kier alpha value is -1.73. The maximum Gasteiger partial charge on any atom is 0.446 e. The zero-order valence-electron chi connectivity index (χ0n) is 12.2. The molecule has 0 bridgehead atoms. The Morgan fingerprint density at radius 3 is 2.48 bits per heavy atom. The molecule has 0 spiro atoms. The van der Waals surface area contributed by atoms with Gasteiger partial charge in [-0.2, -0.15) is 17.5 Å². The van der Waals surface area contributed by atoms with Crippen molar-refractivity contribution in [3.05, 3.63) is 54.1 Å². The summed E-state index contributed by atoms with van der Waals surface area (Å²) in [5, 5.41) is 1.09. The number of anilines is 1. The lowest BCUT2D eigenvalue weighted by Crippen LogP contribution is -2.16. The van der Waals surface area contributed by atoms with E-state index in [1.807, 2.05) is 36.2 Å². The van der Waals surface area contributed by atoms with Gasteiger partial charge in [-0.1, -0.05) is 24.3 Å². The second-order valence-electron chi connectivity index (χ2n) is 5.05. The van der Waals surface area contributed by atoms with Gasteiger partial charge in [0, 0.05) is 23.9 Å². The van der Waals surface area contributed by atoms with Crippen LogP contribution in [0, 0.1) is 0 Å². The van der Waals surface area contributed by atoms with Crippen LogP contribution in [0.25, 0.3) is 10.1 Å². The highest BCUT2D eigenvalue weighted by Crippen LogP contribution is 2.37. The van der Waals surface area contributed by atoms with Crippen molar-refractivity contribution in [2.75, 3.05) is 11.9 Å². The second kappa shape index (κ2) is 6.41. The first-order valence-corrected chi connectivity index (χ1v) is 8.41. The van der Waals surface area contributed by atoms with Gasteiger partial charge in [0.05, 0.1) is 4.70 Å². The van der Waals surface area contributed by atoms with Crippen molar-refractivity contribution in [2.24, 2.45) is 0 Å². The topological polar surface area (TPSA) is 16.1 Å². The van der Waals surface area contributed by atoms with Crippen molar-refractivity contribution < 1.29 is 13.2 Å². The highest BCUT2D eigenvalue weighted by Gasteiger charge is 2.29. The van der Waals surface area contributed by atoms with Gasteiger partial charge in [-0.25, -0.2) is 0 Å². The van der Waals surface area contributed by atoms with Gasteiger partial charge in [0.15, 0.2) is 0 Å². The summed E-state index contributed by atoms with van der Waals surface area (Å²) in [6, 6.07) is 14.4. The average Bonchev–Trinajstić information content (AvgIpc) is 2.92. The molecule has 23 heavy (non-hydrogen) atoms. The number of benzene rings is 2. The molecule has 3 rings (SSSR count). The third-order valence-corrected chi connectivity index (χ3v) is 4.85. The number of thioether (sulfide) groups is 1. The smallest absolute Gasteiger partial charge is 0.354 e. The van der Waals surface area contributed by atoms with E-state index in [4.69, 9.17) is 0 Å². The van der Waals surface area contributed by atoms with Crippen LogP contribution in [-0.2, 0) is 6.54 Å². The molecule has 120 valence electrons. The summed E-state index contributed by atoms with van der Waals surface area (Å²) < 4.78 is 42.6. The molecular weight excluding hydrogens is 341 g/mol. The number of fused-ring (bicyclic) bond motifs is 1. The fourth-order valence-electron chi connectivity index (χ4n) is 2.29. The third kappa shape index (κ3) is 3.97. The van der Waals surface area contributed by atoms with E-state index in [0.717, 1.165) is 21.5 Å². The van der Waals surface area contributed by atoms with Crippen molar-refractivity contribution in [1.82, 2.24) is 4.37 Å². The number of halogens is 3. The van der Waals surface area contributed by atoms with Crippen LogP contribution in [0.15, 0.2) is 53.4 Å². The number of hydrogen-bond donors (Lipinski definition) is 0. The van der Waals surface area contributed by atoms with Gasteiger partial charge in [0.1, 0.15) is 5.82 Å². The SMILES string of the molecule is CN(Cc1ccc(SC(F)(F)F)cc1)c1nsc2ccccc12. The minimum atomic E-state index is -4.25. The Kier molecular flexibility index (Phi) is 4.50. The van der Waals surface area contributed by atoms with Crippen molar-refractivity contribution in [2.45, 2.75) is 16.9 Å². The van der Waals surface area contributed by atoms with E-state index in [1.165, 1.54) is 23.7 Å². The Morgan fingerprint density at radius 1 is 1.09 bits per heavy atom. The number of hydrogen-bond acceptors (Lipinski definition) is 4. The van der Waals surface area contributed by atoms with Gasteiger partial charge >= 0.3 is 5.51 Å². The van der Waals surface area contributed by atoms with E-state index in [-0.39, 0.29) is 16.7 Å². The molecule has 0 fully saturated rings. The summed E-state index contributed by atoms with van der Waals surface area (Å²) in [6.45, 7) is 0.588. The molecule has 2 nitrogen and oxygen atoms in total. The lowest BCUT2D eigenvalue weighted by molar-refractivity contribution is -0.0328. The molecule has 7 heteroatoms. The number of aromatic nitrogens is 1. The lowest BCUT2D eigenvalue weighted by Gasteiger charge is -2.17. The molecule has 0 radical (unpaired) electrons. The van der Waals surface area contributed by atoms with Crippen molar-refractivity contribution in [1.29, 1.82) is 0 Å². The zero-order chi connectivity index (χ0) is 16.4. The Bertz CT molecular complexity index is 797. The lowest BCUT2D eigenvalue weighted by atomic mass is 10.2. The molecule has 0 aliphatic carbocycles. The summed E-state index contributed by atoms with van der Waals surface area (Å²) in [6.07, 6.45) is 0. The Morgan fingerprint density at radius 2 is 1.78 bits per heavy atom. The predicted octanol–water partition coefficient (Wildman–Crippen LogP) is 5.54. The standard InChI is InChI=1S/C16H13F3N2S2/c1-21(15-13-4-2-3-5-14(13)23-20-15)10-11-6-8-12(9-7-11)22-16(17,18)19/h2-9H,10H2,1H3. The predicted molar refractivity (Wildman–Crippen MR) is 90.1 cm³/mol. The van der Waals surface area contributed by atoms with Crippen LogP contribution in [0.4, 0.5) is 19.0 Å². The molecule has 2 aromatic carbocycles. The second-order valence-corrected chi connectivity index (χ2v) is 6.99. The molecule has 1 aromatic heterocycles. The van der Waals surface area contributed by atoms with Gasteiger partial charge in [-0.3, -0.25) is 0 Å². The molecule has 0 unspecified atom stereocenters. The molecular formula is C16H13F3N2S2. The molecule has 0 atom stereocenters. The van der Waals surface area contributed by atoms with Crippen LogP contribution in [0.1, 0.15) is 5.56 Å². The normalized spacial score (nSPS) is 11.8. The van der Waals surface area contributed by atoms with Crippen LogP contribution in [0.2, 0.25) is 0 Å². The first kappa shape index (κ1) is 16.1. The molecule has 0 saturated heterocycles. The van der Waals surface area contributed by atoms with Crippen LogP contribution < -0.4 is 4.90 Å². The van der Waals surface area contributed by atoms with Crippen LogP contribution in [0.5, 0.6) is 0 Å². The van der Waals surface area contributed by atoms with Gasteiger partial charge in [0.25, 0.3) is 0 Å². The molecule has 0 aliphatic heterocycles. The van der Waals surface area contributed by atoms with Gasteiger partial charge in [-0.05, 0) is 53.1 Å². The van der Waals surface area contributed by atoms with Crippen LogP contribution in [-0.4, -0.2) is 16.9 Å². The van der Waals surface area contributed by atoms with E-state index in [0.29, 0.717) is 6.54 Å². The summed E-state index contributed by atoms with van der Waals surface area (Å²) in [4.78, 5) is 2.20. The molecule has 0 aliphatic rings. The van der Waals surface area contributed by atoms with Crippen molar-refractivity contribution in [3.8, 4) is 0 Å². The van der Waals surface area contributed by atoms with Gasteiger partial charge in [-0.15, -0.1) is 0 Å². The fraction of sp³-hybridized carbons (Fsp3) is 0.188. The minimum Gasteiger partial charge on any atom is -0.354 e. The summed E-state index contributed by atoms with van der Waals surface area (Å²) >= 11 is 1.35. The van der Waals surface area contributed by atoms with Gasteiger partial charge in [0.2, 0.25) is 0 Å². The van der Waals surface area contributed by atoms with Crippen LogP contribution in [0.3, 0.4) is 0 Å². The number of nitrogens with zero attached hydrogens (tertiary/aromatic N) is 2. The monoisotopic (exact) mass is 354 g/mol. The van der Waals surface area contributed by atoms with Gasteiger partial charge < -0.3 is 4.90 Å². The molecule has 0 saturated carbocycles. The third-order valence-electron chi connectivity index (χ3n) is 3.30. The van der Waals surface area contributed by atoms with E-state index < -0.39 is 5.51 Å². The first-order valence-electron chi connectivity index (χ1n) is 6.82. The van der Waals surface area contributed by atoms with E-state index in [2.05, 4.69) is 4.37 Å². The number of alkyl halides is 3. The maximum atomic E-state index is 12.3. The first-order chi connectivity index (χ1) is 10.9. The Balaban J connectivity index is 1.74. The zero-order valence-corrected chi connectivity index (χ0v) is 13.8. The highest BCUT2D eigenvalue weighted by molar-refractivity contribution is 8.00. The van der Waals surface area contributed by atoms with E-state index >= 15 is 0 Å². The molecule has 0 amide bonds. The maximum absolute atomic E-state index is 12.3. The summed E-state index contributed by atoms with van der Waals surface area (Å²) in [5.41, 5.74) is -3.31. The van der Waals surface area contributed by atoms with Crippen molar-refractivity contribution >= 4 is 39.2 Å². The minimum absolute atomic E-state index is 0.0963. The largest absolute Gasteiger partial charge is 0.446 e. The summed E-state index contributed by atoms with van der Waals surface area (Å²) in [5.74, 6) is 0.888. The Labute approximate surface area is 140 Å². The van der Waals surface area contributed by atoms with Crippen LogP contribution >= 0.6 is 23.3 Å². The van der Waals surface area contributed by atoms with E-state index in [9.17, 15) is 13.2 Å². The van der Waals surface area contributed by atoms with Crippen molar-refractivity contribution in [3.63, 3.8) is 0 Å². The quantitative estimate of drug-likeness (QED) is 0.572. The van der Waals surface area contributed by atoms with E-state index in [1.54, 1.807) is 12.1 Å². The summed E-state index contributed by atoms with van der Waals surface area (Å²) in [7, 11) is 1.93. The molecule has 3 aromatic rings. The number of rotatable bonds is 4. The molecule has 1 heterocycles. The fourth-order valence-corrected chi connectivity index (χ4v) is 3.65. The highest BCUT2D eigenvalue weighted by atomic mass is 32.2. The average molecular weight is 354 g/mol.